The van der Waals surface area contributed by atoms with Crippen LogP contribution in [0.3, 0.4) is 0 Å². The van der Waals surface area contributed by atoms with E-state index in [2.05, 4.69) is 48.5 Å². The number of rotatable bonds is 6. The number of fused-ring (bicyclic) bond motifs is 7. The predicted octanol–water partition coefficient (Wildman–Crippen LogP) is 7.10. The lowest BCUT2D eigenvalue weighted by molar-refractivity contribution is -0.164. The van der Waals surface area contributed by atoms with E-state index in [1.165, 1.54) is 0 Å². The number of ether oxygens (including phenoxy) is 3. The minimum Gasteiger partial charge on any atom is -0.497 e. The van der Waals surface area contributed by atoms with Crippen molar-refractivity contribution in [3.63, 3.8) is 0 Å². The highest BCUT2D eigenvalue weighted by molar-refractivity contribution is 6.12. The monoisotopic (exact) mass is 559 g/mol. The van der Waals surface area contributed by atoms with E-state index in [1.54, 1.807) is 21.0 Å². The van der Waals surface area contributed by atoms with Crippen molar-refractivity contribution in [2.75, 3.05) is 25.2 Å². The number of anilines is 1. The van der Waals surface area contributed by atoms with Crippen molar-refractivity contribution in [1.82, 2.24) is 0 Å². The number of hydrogen-bond donors (Lipinski definition) is 0. The highest BCUT2D eigenvalue weighted by atomic mass is 16.6. The van der Waals surface area contributed by atoms with Crippen LogP contribution in [0.1, 0.15) is 25.0 Å². The highest BCUT2D eigenvalue weighted by Gasteiger charge is 2.55. The standard InChI is InChI=1S/C36H33NO5/c1-4-41-34(38)36(35(39)42-5-2)22-26-16-14-24-10-6-8-12-30(24)32(26)33-27(17-15-25-11-7-9-13-31(25)33)23-37(36)28-18-20-29(40-3)21-19-28/h6-21H,4-5,22-23H2,1-3H3. The zero-order valence-corrected chi connectivity index (χ0v) is 24.1. The minimum absolute atomic E-state index is 0.0690. The number of benzene rings is 5. The average molecular weight is 560 g/mol. The normalized spacial score (nSPS) is 13.9. The Balaban J connectivity index is 1.73. The maximum atomic E-state index is 14.2. The van der Waals surface area contributed by atoms with E-state index < -0.39 is 17.5 Å². The summed E-state index contributed by atoms with van der Waals surface area (Å²) in [6, 6.07) is 32.3. The van der Waals surface area contributed by atoms with Crippen molar-refractivity contribution < 1.29 is 23.8 Å². The van der Waals surface area contributed by atoms with Gasteiger partial charge >= 0.3 is 11.9 Å². The molecule has 0 bridgehead atoms. The van der Waals surface area contributed by atoms with E-state index in [9.17, 15) is 9.59 Å². The van der Waals surface area contributed by atoms with Crippen molar-refractivity contribution in [2.45, 2.75) is 32.4 Å². The van der Waals surface area contributed by atoms with E-state index in [-0.39, 0.29) is 26.2 Å². The molecule has 0 saturated heterocycles. The zero-order valence-electron chi connectivity index (χ0n) is 24.1. The summed E-state index contributed by atoms with van der Waals surface area (Å²) in [6.45, 7) is 4.03. The van der Waals surface area contributed by atoms with Gasteiger partial charge in [-0.2, -0.15) is 0 Å². The molecule has 1 aliphatic rings. The Labute approximate surface area is 245 Å². The second kappa shape index (κ2) is 11.2. The quantitative estimate of drug-likeness (QED) is 0.163. The molecule has 0 N–H and O–H groups in total. The van der Waals surface area contributed by atoms with Crippen molar-refractivity contribution in [3.8, 4) is 16.9 Å². The number of nitrogens with zero attached hydrogens (tertiary/aromatic N) is 1. The summed E-state index contributed by atoms with van der Waals surface area (Å²) in [5.74, 6) is -0.600. The first-order chi connectivity index (χ1) is 20.5. The summed E-state index contributed by atoms with van der Waals surface area (Å²) in [4.78, 5) is 30.3. The van der Waals surface area contributed by atoms with E-state index in [0.29, 0.717) is 11.4 Å². The molecule has 0 atom stereocenters. The van der Waals surface area contributed by atoms with Crippen LogP contribution in [0.5, 0.6) is 5.75 Å². The largest absolute Gasteiger partial charge is 0.497 e. The van der Waals surface area contributed by atoms with Crippen molar-refractivity contribution in [2.24, 2.45) is 0 Å². The van der Waals surface area contributed by atoms with Gasteiger partial charge in [0.05, 0.1) is 20.3 Å². The van der Waals surface area contributed by atoms with Crippen LogP contribution in [-0.2, 0) is 32.0 Å². The van der Waals surface area contributed by atoms with E-state index >= 15 is 0 Å². The SMILES string of the molecule is CCOC(=O)C1(C(=O)OCC)Cc2ccc3ccccc3c2-c2c(ccc3ccccc23)CN1c1ccc(OC)cc1. The molecule has 0 fully saturated rings. The summed E-state index contributed by atoms with van der Waals surface area (Å²) in [6.07, 6.45) is 0.0690. The number of hydrogen-bond acceptors (Lipinski definition) is 6. The van der Waals surface area contributed by atoms with Gasteiger partial charge in [-0.05, 0) is 81.9 Å². The summed E-state index contributed by atoms with van der Waals surface area (Å²) in [5.41, 5.74) is 2.87. The lowest BCUT2D eigenvalue weighted by Gasteiger charge is -2.43. The van der Waals surface area contributed by atoms with Crippen LogP contribution < -0.4 is 9.64 Å². The summed E-state index contributed by atoms with van der Waals surface area (Å²) >= 11 is 0. The Morgan fingerprint density at radius 3 is 1.76 bits per heavy atom. The first-order valence-electron chi connectivity index (χ1n) is 14.3. The molecule has 6 heteroatoms. The van der Waals surface area contributed by atoms with Gasteiger partial charge in [0.2, 0.25) is 5.54 Å². The molecule has 6 rings (SSSR count). The number of methoxy groups -OCH3 is 1. The summed E-state index contributed by atoms with van der Waals surface area (Å²) in [7, 11) is 1.61. The maximum absolute atomic E-state index is 14.2. The predicted molar refractivity (Wildman–Crippen MR) is 166 cm³/mol. The van der Waals surface area contributed by atoms with Gasteiger partial charge in [0.25, 0.3) is 0 Å². The third kappa shape index (κ3) is 4.44. The third-order valence-corrected chi connectivity index (χ3v) is 8.13. The molecular formula is C36H33NO5. The van der Waals surface area contributed by atoms with Crippen LogP contribution >= 0.6 is 0 Å². The van der Waals surface area contributed by atoms with Crippen LogP contribution in [0, 0.1) is 0 Å². The molecule has 0 saturated carbocycles. The van der Waals surface area contributed by atoms with Crippen molar-refractivity contribution >= 4 is 39.2 Å². The van der Waals surface area contributed by atoms with Gasteiger partial charge in [-0.15, -0.1) is 0 Å². The molecule has 0 aromatic heterocycles. The van der Waals surface area contributed by atoms with Crippen LogP contribution in [0.25, 0.3) is 32.7 Å². The molecule has 6 nitrogen and oxygen atoms in total. The Kier molecular flexibility index (Phi) is 7.29. The molecule has 212 valence electrons. The molecule has 0 amide bonds. The van der Waals surface area contributed by atoms with Crippen molar-refractivity contribution in [3.05, 3.63) is 108 Å². The highest BCUT2D eigenvalue weighted by Crippen LogP contribution is 2.45. The molecular weight excluding hydrogens is 526 g/mol. The van der Waals surface area contributed by atoms with E-state index in [1.807, 2.05) is 53.4 Å². The van der Waals surface area contributed by atoms with Gasteiger partial charge in [-0.1, -0.05) is 72.8 Å². The minimum atomic E-state index is -1.78. The number of carbonyl (C=O) groups is 2. The molecule has 42 heavy (non-hydrogen) atoms. The van der Waals surface area contributed by atoms with E-state index in [4.69, 9.17) is 14.2 Å². The lowest BCUT2D eigenvalue weighted by Crippen LogP contribution is -2.63. The van der Waals surface area contributed by atoms with Gasteiger partial charge < -0.3 is 19.1 Å². The number of carbonyl (C=O) groups excluding carboxylic acids is 2. The molecule has 5 aromatic carbocycles. The lowest BCUT2D eigenvalue weighted by atomic mass is 9.78. The Bertz CT molecular complexity index is 1780. The smallest absolute Gasteiger partial charge is 0.344 e. The Hall–Kier alpha value is -4.84. The van der Waals surface area contributed by atoms with Crippen LogP contribution in [0.4, 0.5) is 5.69 Å². The molecule has 0 radical (unpaired) electrons. The molecule has 1 heterocycles. The number of esters is 2. The van der Waals surface area contributed by atoms with E-state index in [0.717, 1.165) is 43.8 Å². The second-order valence-corrected chi connectivity index (χ2v) is 10.4. The van der Waals surface area contributed by atoms with Gasteiger partial charge in [0, 0.05) is 18.7 Å². The molecule has 0 spiro atoms. The fourth-order valence-electron chi connectivity index (χ4n) is 6.20. The third-order valence-electron chi connectivity index (χ3n) is 8.13. The topological polar surface area (TPSA) is 65.1 Å². The van der Waals surface area contributed by atoms with Gasteiger partial charge in [-0.25, -0.2) is 9.59 Å². The van der Waals surface area contributed by atoms with Crippen LogP contribution in [-0.4, -0.2) is 37.8 Å². The second-order valence-electron chi connectivity index (χ2n) is 10.4. The zero-order chi connectivity index (χ0) is 29.3. The first kappa shape index (κ1) is 27.3. The average Bonchev–Trinajstić information content (AvgIpc) is 3.01. The summed E-state index contributed by atoms with van der Waals surface area (Å²) in [5, 5.41) is 4.38. The van der Waals surface area contributed by atoms with Gasteiger partial charge in [-0.3, -0.25) is 0 Å². The van der Waals surface area contributed by atoms with Gasteiger partial charge in [0.15, 0.2) is 0 Å². The molecule has 0 unspecified atom stereocenters. The fraction of sp³-hybridized carbons (Fsp3) is 0.222. The fourth-order valence-corrected chi connectivity index (χ4v) is 6.20. The maximum Gasteiger partial charge on any atom is 0.344 e. The van der Waals surface area contributed by atoms with Gasteiger partial charge in [0.1, 0.15) is 5.75 Å². The van der Waals surface area contributed by atoms with Crippen LogP contribution in [0.15, 0.2) is 97.1 Å². The van der Waals surface area contributed by atoms with Crippen LogP contribution in [0.2, 0.25) is 0 Å². The van der Waals surface area contributed by atoms with Crippen molar-refractivity contribution in [1.29, 1.82) is 0 Å². The molecule has 0 aliphatic carbocycles. The Morgan fingerprint density at radius 2 is 1.21 bits per heavy atom. The summed E-state index contributed by atoms with van der Waals surface area (Å²) < 4.78 is 16.8. The molecule has 1 aliphatic heterocycles. The molecule has 5 aromatic rings. The first-order valence-corrected chi connectivity index (χ1v) is 14.3. The Morgan fingerprint density at radius 1 is 0.690 bits per heavy atom.